The van der Waals surface area contributed by atoms with Crippen molar-refractivity contribution in [2.45, 2.75) is 6.10 Å². The van der Waals surface area contributed by atoms with E-state index < -0.39 is 6.10 Å². The van der Waals surface area contributed by atoms with E-state index in [0.717, 1.165) is 0 Å². The van der Waals surface area contributed by atoms with Gasteiger partial charge in [-0.15, -0.1) is 0 Å². The molecule has 6 heteroatoms. The van der Waals surface area contributed by atoms with E-state index >= 15 is 0 Å². The maximum atomic E-state index is 11.8. The summed E-state index contributed by atoms with van der Waals surface area (Å²) in [5, 5.41) is 12.9. The highest BCUT2D eigenvalue weighted by Crippen LogP contribution is 2.14. The first kappa shape index (κ1) is 15.9. The molecule has 1 rings (SSSR count). The van der Waals surface area contributed by atoms with Gasteiger partial charge in [-0.1, -0.05) is 17.7 Å². The number of rotatable bonds is 7. The third-order valence-electron chi connectivity index (χ3n) is 2.40. The Morgan fingerprint density at radius 3 is 2.95 bits per heavy atom. The Labute approximate surface area is 118 Å². The van der Waals surface area contributed by atoms with Crippen LogP contribution >= 0.6 is 11.6 Å². The molecule has 1 aromatic rings. The average Bonchev–Trinajstić information content (AvgIpc) is 2.28. The van der Waals surface area contributed by atoms with Gasteiger partial charge in [0.25, 0.3) is 0 Å². The number of methoxy groups -OCH3 is 1. The first-order valence-corrected chi connectivity index (χ1v) is 6.30. The van der Waals surface area contributed by atoms with E-state index in [4.69, 9.17) is 16.3 Å². The van der Waals surface area contributed by atoms with Crippen molar-refractivity contribution in [2.75, 3.05) is 39.2 Å². The molecule has 0 spiro atoms. The fraction of sp³-hybridized carbons (Fsp3) is 0.462. The number of hydrogen-bond donors (Lipinski definition) is 2. The predicted octanol–water partition coefficient (Wildman–Crippen LogP) is 1.22. The van der Waals surface area contributed by atoms with E-state index in [2.05, 4.69) is 5.32 Å². The van der Waals surface area contributed by atoms with E-state index in [1.165, 1.54) is 7.11 Å². The lowest BCUT2D eigenvalue weighted by atomic mass is 10.3. The number of anilines is 1. The zero-order valence-electron chi connectivity index (χ0n) is 11.1. The van der Waals surface area contributed by atoms with Crippen LogP contribution in [0.15, 0.2) is 24.3 Å². The van der Waals surface area contributed by atoms with Crippen LogP contribution in [0, 0.1) is 0 Å². The summed E-state index contributed by atoms with van der Waals surface area (Å²) in [4.78, 5) is 13.5. The Morgan fingerprint density at radius 2 is 2.32 bits per heavy atom. The maximum absolute atomic E-state index is 11.8. The van der Waals surface area contributed by atoms with E-state index in [1.807, 2.05) is 0 Å². The molecule has 0 aliphatic carbocycles. The molecule has 0 saturated carbocycles. The average molecular weight is 287 g/mol. The molecule has 2 N–H and O–H groups in total. The van der Waals surface area contributed by atoms with Gasteiger partial charge < -0.3 is 15.2 Å². The Hall–Kier alpha value is -1.14. The smallest absolute Gasteiger partial charge is 0.238 e. The number of ether oxygens (including phenoxy) is 1. The first-order chi connectivity index (χ1) is 9.01. The van der Waals surface area contributed by atoms with E-state index in [1.54, 1.807) is 36.2 Å². The summed E-state index contributed by atoms with van der Waals surface area (Å²) in [7, 11) is 3.28. The van der Waals surface area contributed by atoms with Crippen molar-refractivity contribution in [3.05, 3.63) is 29.3 Å². The molecule has 0 heterocycles. The summed E-state index contributed by atoms with van der Waals surface area (Å²) in [5.74, 6) is -0.158. The molecular formula is C13H19ClN2O3. The number of carbonyl (C=O) groups is 1. The molecule has 1 amide bonds. The zero-order chi connectivity index (χ0) is 14.3. The zero-order valence-corrected chi connectivity index (χ0v) is 11.9. The minimum Gasteiger partial charge on any atom is -0.389 e. The molecule has 0 fully saturated rings. The van der Waals surface area contributed by atoms with Gasteiger partial charge in [-0.2, -0.15) is 0 Å². The van der Waals surface area contributed by atoms with E-state index in [0.29, 0.717) is 17.3 Å². The highest BCUT2D eigenvalue weighted by atomic mass is 35.5. The van der Waals surface area contributed by atoms with Crippen LogP contribution in [0.3, 0.4) is 0 Å². The number of amides is 1. The summed E-state index contributed by atoms with van der Waals surface area (Å²) in [6.45, 7) is 0.810. The van der Waals surface area contributed by atoms with E-state index in [-0.39, 0.29) is 19.1 Å². The van der Waals surface area contributed by atoms with Crippen molar-refractivity contribution in [3.8, 4) is 0 Å². The fourth-order valence-corrected chi connectivity index (χ4v) is 1.87. The van der Waals surface area contributed by atoms with Crippen LogP contribution < -0.4 is 5.32 Å². The lowest BCUT2D eigenvalue weighted by molar-refractivity contribution is -0.117. The Morgan fingerprint density at radius 1 is 1.58 bits per heavy atom. The molecule has 106 valence electrons. The summed E-state index contributed by atoms with van der Waals surface area (Å²) in [5.41, 5.74) is 0.656. The number of hydrogen-bond acceptors (Lipinski definition) is 4. The lowest BCUT2D eigenvalue weighted by Crippen LogP contribution is -2.37. The Balaban J connectivity index is 2.38. The minimum absolute atomic E-state index is 0.158. The van der Waals surface area contributed by atoms with Crippen LogP contribution in [0.5, 0.6) is 0 Å². The molecule has 0 saturated heterocycles. The van der Waals surface area contributed by atoms with Gasteiger partial charge in [-0.25, -0.2) is 0 Å². The Bertz CT molecular complexity index is 415. The molecule has 1 atom stereocenters. The number of benzene rings is 1. The normalized spacial score (nSPS) is 12.5. The standard InChI is InChI=1S/C13H19ClN2O3/c1-16(7-12(17)9-19-2)8-13(18)15-11-5-3-4-10(14)6-11/h3-6,12,17H,7-9H2,1-2H3,(H,15,18). The van der Waals surface area contributed by atoms with Gasteiger partial charge in [0.1, 0.15) is 0 Å². The van der Waals surface area contributed by atoms with Gasteiger partial charge in [0.15, 0.2) is 0 Å². The second-order valence-electron chi connectivity index (χ2n) is 4.36. The van der Waals surface area contributed by atoms with E-state index in [9.17, 15) is 9.90 Å². The third kappa shape index (κ3) is 6.54. The topological polar surface area (TPSA) is 61.8 Å². The highest BCUT2D eigenvalue weighted by Gasteiger charge is 2.11. The Kier molecular flexibility index (Phi) is 6.80. The largest absolute Gasteiger partial charge is 0.389 e. The quantitative estimate of drug-likeness (QED) is 0.791. The van der Waals surface area contributed by atoms with Crippen LogP contribution in [0.2, 0.25) is 5.02 Å². The summed E-state index contributed by atoms with van der Waals surface area (Å²) < 4.78 is 4.83. The van der Waals surface area contributed by atoms with Gasteiger partial charge in [0.2, 0.25) is 5.91 Å². The van der Waals surface area contributed by atoms with Crippen LogP contribution in [-0.2, 0) is 9.53 Å². The molecule has 0 aliphatic heterocycles. The monoisotopic (exact) mass is 286 g/mol. The molecule has 0 aromatic heterocycles. The van der Waals surface area contributed by atoms with Crippen LogP contribution in [0.4, 0.5) is 5.69 Å². The number of nitrogens with zero attached hydrogens (tertiary/aromatic N) is 1. The molecule has 19 heavy (non-hydrogen) atoms. The van der Waals surface area contributed by atoms with Crippen molar-refractivity contribution >= 4 is 23.2 Å². The molecule has 0 radical (unpaired) electrons. The molecule has 0 aliphatic rings. The van der Waals surface area contributed by atoms with Crippen LogP contribution in [-0.4, -0.2) is 55.9 Å². The molecular weight excluding hydrogens is 268 g/mol. The number of carbonyl (C=O) groups excluding carboxylic acids is 1. The first-order valence-electron chi connectivity index (χ1n) is 5.92. The van der Waals surface area contributed by atoms with Crippen molar-refractivity contribution in [2.24, 2.45) is 0 Å². The molecule has 1 aromatic carbocycles. The molecule has 0 bridgehead atoms. The number of likely N-dealkylation sites (N-methyl/N-ethyl adjacent to an activating group) is 1. The van der Waals surface area contributed by atoms with Crippen molar-refractivity contribution in [1.29, 1.82) is 0 Å². The summed E-state index contributed by atoms with van der Waals surface area (Å²) in [6, 6.07) is 6.96. The maximum Gasteiger partial charge on any atom is 0.238 e. The predicted molar refractivity (Wildman–Crippen MR) is 75.5 cm³/mol. The van der Waals surface area contributed by atoms with Crippen molar-refractivity contribution < 1.29 is 14.6 Å². The highest BCUT2D eigenvalue weighted by molar-refractivity contribution is 6.30. The van der Waals surface area contributed by atoms with Crippen molar-refractivity contribution in [1.82, 2.24) is 4.90 Å². The second kappa shape index (κ2) is 8.12. The molecule has 1 unspecified atom stereocenters. The van der Waals surface area contributed by atoms with Crippen molar-refractivity contribution in [3.63, 3.8) is 0 Å². The third-order valence-corrected chi connectivity index (χ3v) is 2.64. The number of halogens is 1. The number of aliphatic hydroxyl groups is 1. The lowest BCUT2D eigenvalue weighted by Gasteiger charge is -2.19. The summed E-state index contributed by atoms with van der Waals surface area (Å²) in [6.07, 6.45) is -0.603. The van der Waals surface area contributed by atoms with Crippen LogP contribution in [0.1, 0.15) is 0 Å². The van der Waals surface area contributed by atoms with Gasteiger partial charge in [-0.05, 0) is 25.2 Å². The number of nitrogens with one attached hydrogen (secondary N) is 1. The van der Waals surface area contributed by atoms with Crippen LogP contribution in [0.25, 0.3) is 0 Å². The molecule has 5 nitrogen and oxygen atoms in total. The fourth-order valence-electron chi connectivity index (χ4n) is 1.68. The SMILES string of the molecule is COCC(O)CN(C)CC(=O)Nc1cccc(Cl)c1. The minimum atomic E-state index is -0.603. The van der Waals surface area contributed by atoms with Gasteiger partial charge in [0, 0.05) is 24.4 Å². The summed E-state index contributed by atoms with van der Waals surface area (Å²) >= 11 is 5.83. The second-order valence-corrected chi connectivity index (χ2v) is 4.80. The van der Waals surface area contributed by atoms with Gasteiger partial charge in [-0.3, -0.25) is 9.69 Å². The number of aliphatic hydroxyl groups excluding tert-OH is 1. The van der Waals surface area contributed by atoms with Gasteiger partial charge >= 0.3 is 0 Å². The van der Waals surface area contributed by atoms with Gasteiger partial charge in [0.05, 0.1) is 19.3 Å².